The smallest absolute Gasteiger partial charge is 0.336 e. The van der Waals surface area contributed by atoms with Gasteiger partial charge in [0.05, 0.1) is 34.5 Å². The van der Waals surface area contributed by atoms with Crippen molar-refractivity contribution in [2.45, 2.75) is 31.8 Å². The molecule has 1 aliphatic rings. The van der Waals surface area contributed by atoms with Crippen LogP contribution < -0.4 is 0 Å². The van der Waals surface area contributed by atoms with Gasteiger partial charge >= 0.3 is 17.9 Å². The maximum absolute atomic E-state index is 14.2. The maximum atomic E-state index is 14.2. The van der Waals surface area contributed by atoms with Gasteiger partial charge in [0.25, 0.3) is 5.91 Å². The van der Waals surface area contributed by atoms with E-state index in [1.807, 2.05) is 36.4 Å². The van der Waals surface area contributed by atoms with E-state index in [1.165, 1.54) is 18.2 Å². The second-order valence-corrected chi connectivity index (χ2v) is 9.06. The predicted molar refractivity (Wildman–Crippen MR) is 140 cm³/mol. The lowest BCUT2D eigenvalue weighted by atomic mass is 9.86. The Bertz CT molecular complexity index is 1480. The molecule has 1 aliphatic carbocycles. The standard InChI is InChI=1S/C29H26N2O8/c1-39-30-15-17-6-4-7-18(12-17)16-31(25-11-5-9-19-8-2-3-10-20(19)25)26(32)21-13-23(28(35)36)24(29(37)38)14-22(21)27(33)34/h2-4,6-8,10,12-15,25H,5,9,11,16H2,1H3,(H,33,34)(H,35,36)(H,37,38)/t25-/m0/s1. The molecule has 0 unspecified atom stereocenters. The Morgan fingerprint density at radius 2 is 1.54 bits per heavy atom. The van der Waals surface area contributed by atoms with Crippen molar-refractivity contribution >= 4 is 30.0 Å². The Hall–Kier alpha value is -4.99. The number of carbonyl (C=O) groups excluding carboxylic acids is 1. The second kappa shape index (κ2) is 11.6. The van der Waals surface area contributed by atoms with Gasteiger partial charge in [-0.2, -0.15) is 0 Å². The van der Waals surface area contributed by atoms with Gasteiger partial charge in [-0.05, 0) is 59.7 Å². The summed E-state index contributed by atoms with van der Waals surface area (Å²) in [5.74, 6) is -5.45. The quantitative estimate of drug-likeness (QED) is 0.270. The average molecular weight is 531 g/mol. The van der Waals surface area contributed by atoms with Crippen LogP contribution in [0.4, 0.5) is 0 Å². The average Bonchev–Trinajstić information content (AvgIpc) is 2.93. The highest BCUT2D eigenvalue weighted by Crippen LogP contribution is 2.36. The minimum atomic E-state index is -1.61. The maximum Gasteiger partial charge on any atom is 0.336 e. The molecule has 3 N–H and O–H groups in total. The summed E-state index contributed by atoms with van der Waals surface area (Å²) in [5, 5.41) is 32.8. The molecule has 0 spiro atoms. The zero-order valence-corrected chi connectivity index (χ0v) is 21.0. The molecule has 0 bridgehead atoms. The lowest BCUT2D eigenvalue weighted by Gasteiger charge is -2.36. The number of hydrogen-bond donors (Lipinski definition) is 3. The molecule has 0 saturated heterocycles. The fraction of sp³-hybridized carbons (Fsp3) is 0.207. The fourth-order valence-electron chi connectivity index (χ4n) is 4.92. The number of aryl methyl sites for hydroxylation is 1. The number of hydrogen-bond acceptors (Lipinski definition) is 6. The van der Waals surface area contributed by atoms with Crippen molar-refractivity contribution in [3.05, 3.63) is 105 Å². The van der Waals surface area contributed by atoms with E-state index in [9.17, 15) is 34.5 Å². The summed E-state index contributed by atoms with van der Waals surface area (Å²) in [6.45, 7) is 0.0780. The van der Waals surface area contributed by atoms with Crippen LogP contribution in [0.25, 0.3) is 0 Å². The Kier molecular flexibility index (Phi) is 8.04. The molecule has 39 heavy (non-hydrogen) atoms. The first-order valence-electron chi connectivity index (χ1n) is 12.1. The first kappa shape index (κ1) is 27.1. The molecular weight excluding hydrogens is 504 g/mol. The first-order chi connectivity index (χ1) is 18.7. The number of fused-ring (bicyclic) bond motifs is 1. The van der Waals surface area contributed by atoms with Crippen LogP contribution in [0.2, 0.25) is 0 Å². The number of carboxylic acid groups (broad SMARTS) is 3. The molecule has 1 amide bonds. The third-order valence-electron chi connectivity index (χ3n) is 6.67. The summed E-state index contributed by atoms with van der Waals surface area (Å²) >= 11 is 0. The summed E-state index contributed by atoms with van der Waals surface area (Å²) in [7, 11) is 1.42. The molecule has 4 rings (SSSR count). The third-order valence-corrected chi connectivity index (χ3v) is 6.67. The summed E-state index contributed by atoms with van der Waals surface area (Å²) < 4.78 is 0. The van der Waals surface area contributed by atoms with E-state index in [4.69, 9.17) is 4.84 Å². The van der Waals surface area contributed by atoms with Gasteiger partial charge in [-0.3, -0.25) is 4.79 Å². The van der Waals surface area contributed by atoms with Gasteiger partial charge in [0, 0.05) is 6.54 Å². The van der Waals surface area contributed by atoms with Gasteiger partial charge in [0.1, 0.15) is 7.11 Å². The van der Waals surface area contributed by atoms with Crippen molar-refractivity contribution in [2.75, 3.05) is 7.11 Å². The highest BCUT2D eigenvalue weighted by Gasteiger charge is 2.33. The number of rotatable bonds is 9. The minimum Gasteiger partial charge on any atom is -0.478 e. The van der Waals surface area contributed by atoms with E-state index < -0.39 is 52.1 Å². The number of amides is 1. The van der Waals surface area contributed by atoms with Crippen LogP contribution in [0.3, 0.4) is 0 Å². The van der Waals surface area contributed by atoms with Gasteiger partial charge in [-0.25, -0.2) is 14.4 Å². The van der Waals surface area contributed by atoms with Crippen LogP contribution in [0.1, 0.15) is 82.6 Å². The number of carboxylic acids is 3. The Morgan fingerprint density at radius 1 is 0.897 bits per heavy atom. The molecule has 0 radical (unpaired) electrons. The predicted octanol–water partition coefficient (Wildman–Crippen LogP) is 4.48. The normalized spacial score (nSPS) is 14.4. The van der Waals surface area contributed by atoms with Crippen molar-refractivity contribution in [2.24, 2.45) is 5.16 Å². The number of benzene rings is 3. The van der Waals surface area contributed by atoms with Crippen LogP contribution in [-0.2, 0) is 17.8 Å². The topological polar surface area (TPSA) is 154 Å². The van der Waals surface area contributed by atoms with E-state index in [0.717, 1.165) is 47.2 Å². The van der Waals surface area contributed by atoms with E-state index in [2.05, 4.69) is 5.16 Å². The highest BCUT2D eigenvalue weighted by atomic mass is 16.6. The molecule has 10 heteroatoms. The molecule has 0 heterocycles. The van der Waals surface area contributed by atoms with Gasteiger partial charge in [-0.15, -0.1) is 0 Å². The van der Waals surface area contributed by atoms with Crippen molar-refractivity contribution in [1.29, 1.82) is 0 Å². The molecule has 0 aromatic heterocycles. The van der Waals surface area contributed by atoms with E-state index in [0.29, 0.717) is 6.42 Å². The second-order valence-electron chi connectivity index (χ2n) is 9.06. The molecule has 0 fully saturated rings. The van der Waals surface area contributed by atoms with Gasteiger partial charge < -0.3 is 25.1 Å². The molecule has 200 valence electrons. The number of aromatic carboxylic acids is 3. The lowest BCUT2D eigenvalue weighted by Crippen LogP contribution is -2.37. The summed E-state index contributed by atoms with van der Waals surface area (Å²) in [5.41, 5.74) is 1.07. The highest BCUT2D eigenvalue weighted by molar-refractivity contribution is 6.10. The van der Waals surface area contributed by atoms with Crippen molar-refractivity contribution in [3.63, 3.8) is 0 Å². The largest absolute Gasteiger partial charge is 0.478 e. The van der Waals surface area contributed by atoms with E-state index >= 15 is 0 Å². The Morgan fingerprint density at radius 3 is 2.21 bits per heavy atom. The van der Waals surface area contributed by atoms with Gasteiger partial charge in [0.2, 0.25) is 0 Å². The van der Waals surface area contributed by atoms with Crippen LogP contribution in [0.5, 0.6) is 0 Å². The van der Waals surface area contributed by atoms with Gasteiger partial charge in [-0.1, -0.05) is 47.6 Å². The Labute approximate surface area is 223 Å². The van der Waals surface area contributed by atoms with E-state index in [1.54, 1.807) is 12.1 Å². The molecular formula is C29H26N2O8. The Balaban J connectivity index is 1.87. The summed E-state index contributed by atoms with van der Waals surface area (Å²) in [4.78, 5) is 56.1. The molecule has 3 aromatic carbocycles. The lowest BCUT2D eigenvalue weighted by molar-refractivity contribution is 0.0611. The van der Waals surface area contributed by atoms with Crippen molar-refractivity contribution in [1.82, 2.24) is 4.90 Å². The molecule has 1 atom stereocenters. The zero-order valence-electron chi connectivity index (χ0n) is 21.0. The third kappa shape index (κ3) is 5.80. The molecule has 10 nitrogen and oxygen atoms in total. The molecule has 3 aromatic rings. The zero-order chi connectivity index (χ0) is 28.1. The molecule has 0 aliphatic heterocycles. The number of nitrogens with zero attached hydrogens (tertiary/aromatic N) is 2. The monoisotopic (exact) mass is 530 g/mol. The van der Waals surface area contributed by atoms with Crippen LogP contribution in [0, 0.1) is 0 Å². The summed E-state index contributed by atoms with van der Waals surface area (Å²) in [6, 6.07) is 16.1. The van der Waals surface area contributed by atoms with E-state index in [-0.39, 0.29) is 6.54 Å². The molecule has 0 saturated carbocycles. The van der Waals surface area contributed by atoms with Crippen molar-refractivity contribution < 1.29 is 39.3 Å². The fourth-order valence-corrected chi connectivity index (χ4v) is 4.92. The van der Waals surface area contributed by atoms with Gasteiger partial charge in [0.15, 0.2) is 0 Å². The SMILES string of the molecule is CON=Cc1cccc(CN(C(=O)c2cc(C(=O)O)c(C(=O)O)cc2C(=O)O)[C@H]2CCCc3ccccc32)c1. The minimum absolute atomic E-state index is 0.0780. The summed E-state index contributed by atoms with van der Waals surface area (Å²) in [6.07, 6.45) is 3.73. The first-order valence-corrected chi connectivity index (χ1v) is 12.1. The van der Waals surface area contributed by atoms with Crippen molar-refractivity contribution in [3.8, 4) is 0 Å². The number of carbonyl (C=O) groups is 4. The number of oxime groups is 1. The van der Waals surface area contributed by atoms with Crippen LogP contribution in [0.15, 0.2) is 65.8 Å². The van der Waals surface area contributed by atoms with Crippen LogP contribution in [-0.4, -0.2) is 57.4 Å². The van der Waals surface area contributed by atoms with Crippen LogP contribution >= 0.6 is 0 Å².